The molecule has 1 heterocycles. The van der Waals surface area contributed by atoms with Gasteiger partial charge in [0, 0.05) is 13.0 Å². The Labute approximate surface area is 149 Å². The molecule has 1 fully saturated rings. The van der Waals surface area contributed by atoms with Gasteiger partial charge in [-0.05, 0) is 75.4 Å². The molecule has 1 saturated heterocycles. The molecule has 0 aromatic heterocycles. The van der Waals surface area contributed by atoms with E-state index in [4.69, 9.17) is 4.74 Å². The molecule has 1 aromatic carbocycles. The number of halogens is 2. The maximum absolute atomic E-state index is 12.7. The molecule has 1 aliphatic rings. The highest BCUT2D eigenvalue weighted by Crippen LogP contribution is 2.17. The lowest BCUT2D eigenvalue weighted by atomic mass is 9.93. The van der Waals surface area contributed by atoms with Crippen LogP contribution in [0.15, 0.2) is 24.3 Å². The molecule has 1 amide bonds. The van der Waals surface area contributed by atoms with Gasteiger partial charge in [0.05, 0.1) is 6.61 Å². The second-order valence-corrected chi connectivity index (χ2v) is 6.09. The van der Waals surface area contributed by atoms with Gasteiger partial charge in [0.25, 0.3) is 0 Å². The lowest BCUT2D eigenvalue weighted by Crippen LogP contribution is -2.29. The first-order valence-electron chi connectivity index (χ1n) is 8.60. The predicted molar refractivity (Wildman–Crippen MR) is 96.2 cm³/mol. The molecule has 0 saturated carbocycles. The van der Waals surface area contributed by atoms with Crippen LogP contribution in [-0.4, -0.2) is 32.1 Å². The number of nitrogens with one attached hydrogen (secondary N) is 2. The van der Waals surface area contributed by atoms with Crippen LogP contribution in [0.3, 0.4) is 0 Å². The van der Waals surface area contributed by atoms with E-state index in [2.05, 4.69) is 10.6 Å². The molecule has 0 radical (unpaired) electrons. The fraction of sp³-hybridized carbons (Fsp3) is 0.611. The van der Waals surface area contributed by atoms with Crippen LogP contribution in [0.5, 0.6) is 5.75 Å². The summed E-state index contributed by atoms with van der Waals surface area (Å²) in [7, 11) is 0. The number of rotatable bonds is 9. The van der Waals surface area contributed by atoms with Crippen molar-refractivity contribution in [3.8, 4) is 5.75 Å². The molecule has 0 spiro atoms. The Bertz CT molecular complexity index is 465. The zero-order valence-electron chi connectivity index (χ0n) is 14.1. The zero-order chi connectivity index (χ0) is 16.3. The highest BCUT2D eigenvalue weighted by molar-refractivity contribution is 5.85. The first-order chi connectivity index (χ1) is 11.2. The number of hydrogen-bond acceptors (Lipinski definition) is 3. The molecule has 2 N–H and O–H groups in total. The number of benzene rings is 1. The molecule has 1 aromatic rings. The predicted octanol–water partition coefficient (Wildman–Crippen LogP) is 3.30. The maximum Gasteiger partial charge on any atom is 0.220 e. The lowest BCUT2D eigenvalue weighted by molar-refractivity contribution is -0.121. The number of amides is 1. The van der Waals surface area contributed by atoms with E-state index < -0.39 is 0 Å². The number of unbranched alkanes of at least 4 members (excludes halogenated alkanes) is 1. The van der Waals surface area contributed by atoms with Crippen LogP contribution in [0.4, 0.5) is 4.39 Å². The summed E-state index contributed by atoms with van der Waals surface area (Å²) in [4.78, 5) is 11.8. The smallest absolute Gasteiger partial charge is 0.220 e. The molecule has 4 nitrogen and oxygen atoms in total. The number of carbonyl (C=O) groups is 1. The third kappa shape index (κ3) is 8.50. The molecular formula is C18H28ClFN2O2. The first kappa shape index (κ1) is 20.7. The quantitative estimate of drug-likeness (QED) is 0.666. The summed E-state index contributed by atoms with van der Waals surface area (Å²) in [5, 5.41) is 6.31. The van der Waals surface area contributed by atoms with Crippen LogP contribution < -0.4 is 15.4 Å². The topological polar surface area (TPSA) is 50.4 Å². The molecule has 1 aliphatic heterocycles. The van der Waals surface area contributed by atoms with Crippen molar-refractivity contribution in [1.82, 2.24) is 10.6 Å². The second-order valence-electron chi connectivity index (χ2n) is 6.09. The van der Waals surface area contributed by atoms with Crippen molar-refractivity contribution in [2.75, 3.05) is 26.2 Å². The van der Waals surface area contributed by atoms with Crippen molar-refractivity contribution in [3.63, 3.8) is 0 Å². The van der Waals surface area contributed by atoms with Crippen LogP contribution in [0.2, 0.25) is 0 Å². The summed E-state index contributed by atoms with van der Waals surface area (Å²) in [6.07, 6.45) is 5.77. The van der Waals surface area contributed by atoms with Gasteiger partial charge in [0.15, 0.2) is 0 Å². The van der Waals surface area contributed by atoms with Crippen LogP contribution in [0.25, 0.3) is 0 Å². The van der Waals surface area contributed by atoms with Gasteiger partial charge in [0.2, 0.25) is 5.91 Å². The van der Waals surface area contributed by atoms with Gasteiger partial charge in [-0.3, -0.25) is 4.79 Å². The summed E-state index contributed by atoms with van der Waals surface area (Å²) in [6.45, 7) is 3.44. The molecular weight excluding hydrogens is 331 g/mol. The second kappa shape index (κ2) is 12.1. The Morgan fingerprint density at radius 2 is 1.92 bits per heavy atom. The molecule has 24 heavy (non-hydrogen) atoms. The largest absolute Gasteiger partial charge is 0.494 e. The third-order valence-electron chi connectivity index (χ3n) is 4.21. The monoisotopic (exact) mass is 358 g/mol. The minimum absolute atomic E-state index is 0. The molecule has 6 heteroatoms. The van der Waals surface area contributed by atoms with E-state index in [1.54, 1.807) is 12.1 Å². The van der Waals surface area contributed by atoms with Crippen LogP contribution >= 0.6 is 12.4 Å². The fourth-order valence-corrected chi connectivity index (χ4v) is 2.77. The van der Waals surface area contributed by atoms with Crippen molar-refractivity contribution in [1.29, 1.82) is 0 Å². The molecule has 0 atom stereocenters. The minimum Gasteiger partial charge on any atom is -0.494 e. The van der Waals surface area contributed by atoms with Gasteiger partial charge in [-0.1, -0.05) is 0 Å². The zero-order valence-corrected chi connectivity index (χ0v) is 14.9. The standard InChI is InChI=1S/C18H27FN2O2.ClH/c19-16-4-6-17(7-5-16)23-14-2-1-11-21-18(22)8-3-15-9-12-20-13-10-15;/h4-7,15,20H,1-3,8-14H2,(H,21,22);1H. The van der Waals surface area contributed by atoms with E-state index in [1.807, 2.05) is 0 Å². The summed E-state index contributed by atoms with van der Waals surface area (Å²) < 4.78 is 18.2. The molecule has 2 rings (SSSR count). The van der Waals surface area contributed by atoms with Crippen molar-refractivity contribution >= 4 is 18.3 Å². The van der Waals surface area contributed by atoms with Gasteiger partial charge in [0.1, 0.15) is 11.6 Å². The van der Waals surface area contributed by atoms with Gasteiger partial charge in [-0.25, -0.2) is 4.39 Å². The van der Waals surface area contributed by atoms with Crippen molar-refractivity contribution in [3.05, 3.63) is 30.1 Å². The Morgan fingerprint density at radius 1 is 1.21 bits per heavy atom. The Kier molecular flexibility index (Phi) is 10.4. The van der Waals surface area contributed by atoms with E-state index in [0.717, 1.165) is 32.4 Å². The van der Waals surface area contributed by atoms with E-state index in [1.165, 1.54) is 25.0 Å². The average molecular weight is 359 g/mol. The lowest BCUT2D eigenvalue weighted by Gasteiger charge is -2.22. The molecule has 136 valence electrons. The maximum atomic E-state index is 12.7. The molecule has 0 aliphatic carbocycles. The van der Waals surface area contributed by atoms with Crippen molar-refractivity contribution in [2.45, 2.75) is 38.5 Å². The van der Waals surface area contributed by atoms with Gasteiger partial charge >= 0.3 is 0 Å². The first-order valence-corrected chi connectivity index (χ1v) is 8.60. The average Bonchev–Trinajstić information content (AvgIpc) is 2.58. The van der Waals surface area contributed by atoms with Crippen molar-refractivity contribution in [2.24, 2.45) is 5.92 Å². The summed E-state index contributed by atoms with van der Waals surface area (Å²) >= 11 is 0. The van der Waals surface area contributed by atoms with Crippen molar-refractivity contribution < 1.29 is 13.9 Å². The molecule has 0 bridgehead atoms. The van der Waals surface area contributed by atoms with Crippen LogP contribution in [-0.2, 0) is 4.79 Å². The third-order valence-corrected chi connectivity index (χ3v) is 4.21. The van der Waals surface area contributed by atoms with Gasteiger partial charge in [-0.2, -0.15) is 0 Å². The van der Waals surface area contributed by atoms with E-state index in [0.29, 0.717) is 31.2 Å². The summed E-state index contributed by atoms with van der Waals surface area (Å²) in [5.41, 5.74) is 0. The van der Waals surface area contributed by atoms with Gasteiger partial charge < -0.3 is 15.4 Å². The van der Waals surface area contributed by atoms with E-state index in [-0.39, 0.29) is 24.1 Å². The summed E-state index contributed by atoms with van der Waals surface area (Å²) in [6, 6.07) is 6.02. The Balaban J connectivity index is 0.00000288. The number of hydrogen-bond donors (Lipinski definition) is 2. The Morgan fingerprint density at radius 3 is 2.62 bits per heavy atom. The van der Waals surface area contributed by atoms with Crippen LogP contribution in [0, 0.1) is 11.7 Å². The molecule has 0 unspecified atom stereocenters. The van der Waals surface area contributed by atoms with Crippen LogP contribution in [0.1, 0.15) is 38.5 Å². The minimum atomic E-state index is -0.260. The Hall–Kier alpha value is -1.33. The number of piperidine rings is 1. The number of ether oxygens (including phenoxy) is 1. The fourth-order valence-electron chi connectivity index (χ4n) is 2.77. The van der Waals surface area contributed by atoms with E-state index >= 15 is 0 Å². The highest BCUT2D eigenvalue weighted by atomic mass is 35.5. The summed E-state index contributed by atoms with van der Waals surface area (Å²) in [5.74, 6) is 1.27. The number of carbonyl (C=O) groups excluding carboxylic acids is 1. The normalized spacial score (nSPS) is 14.7. The SMILES string of the molecule is Cl.O=C(CCC1CCNCC1)NCCCCOc1ccc(F)cc1. The van der Waals surface area contributed by atoms with Gasteiger partial charge in [-0.15, -0.1) is 12.4 Å². The highest BCUT2D eigenvalue weighted by Gasteiger charge is 2.14. The van der Waals surface area contributed by atoms with E-state index in [9.17, 15) is 9.18 Å².